The molecule has 0 radical (unpaired) electrons. The van der Waals surface area contributed by atoms with Crippen molar-refractivity contribution in [1.82, 2.24) is 0 Å². The van der Waals surface area contributed by atoms with Gasteiger partial charge in [-0.3, -0.25) is 9.59 Å². The van der Waals surface area contributed by atoms with Crippen molar-refractivity contribution in [3.63, 3.8) is 0 Å². The van der Waals surface area contributed by atoms with Crippen LogP contribution in [0.4, 0.5) is 10.1 Å². The van der Waals surface area contributed by atoms with E-state index in [1.54, 1.807) is 36.4 Å². The summed E-state index contributed by atoms with van der Waals surface area (Å²) in [7, 11) is 0. The molecule has 27 heavy (non-hydrogen) atoms. The molecular weight excluding hydrogens is 367 g/mol. The minimum Gasteiger partial charge on any atom is -0.321 e. The zero-order chi connectivity index (χ0) is 19.0. The second-order valence-corrected chi connectivity index (χ2v) is 7.34. The van der Waals surface area contributed by atoms with E-state index in [1.807, 2.05) is 0 Å². The lowest BCUT2D eigenvalue weighted by Gasteiger charge is -2.27. The molecule has 138 valence electrons. The SMILES string of the molecule is O=C1C[C@H]([NH+]2CC=C(c3ccc(F)cc3)CC2)C(=O)N1c1ccc(Cl)cc1. The summed E-state index contributed by atoms with van der Waals surface area (Å²) in [6.45, 7) is 1.44. The summed E-state index contributed by atoms with van der Waals surface area (Å²) in [5, 5.41) is 0.564. The van der Waals surface area contributed by atoms with E-state index in [4.69, 9.17) is 11.6 Å². The largest absolute Gasteiger partial charge is 0.321 e. The average molecular weight is 386 g/mol. The number of anilines is 1. The van der Waals surface area contributed by atoms with Gasteiger partial charge in [-0.05, 0) is 53.6 Å². The number of imide groups is 1. The van der Waals surface area contributed by atoms with Crippen molar-refractivity contribution in [3.05, 3.63) is 71.0 Å². The number of carbonyl (C=O) groups is 2. The van der Waals surface area contributed by atoms with E-state index >= 15 is 0 Å². The van der Waals surface area contributed by atoms with Crippen LogP contribution in [0.15, 0.2) is 54.6 Å². The third kappa shape index (κ3) is 3.53. The molecule has 0 spiro atoms. The minimum absolute atomic E-state index is 0.157. The van der Waals surface area contributed by atoms with Gasteiger partial charge in [0.05, 0.1) is 25.2 Å². The lowest BCUT2D eigenvalue weighted by atomic mass is 9.98. The average Bonchev–Trinajstić information content (AvgIpc) is 2.98. The van der Waals surface area contributed by atoms with Gasteiger partial charge in [-0.15, -0.1) is 0 Å². The highest BCUT2D eigenvalue weighted by Gasteiger charge is 2.45. The molecule has 0 aromatic heterocycles. The van der Waals surface area contributed by atoms with E-state index in [9.17, 15) is 14.0 Å². The standard InChI is InChI=1S/C21H18ClFN2O2/c22-16-3-7-18(8-4-16)25-20(26)13-19(21(25)27)24-11-9-15(10-12-24)14-1-5-17(23)6-2-14/h1-9,19H,10-13H2/p+1/t19-/m0/s1. The first-order valence-electron chi connectivity index (χ1n) is 8.95. The van der Waals surface area contributed by atoms with Crippen LogP contribution in [0.5, 0.6) is 0 Å². The molecule has 1 fully saturated rings. The smallest absolute Gasteiger partial charge is 0.292 e. The van der Waals surface area contributed by atoms with Crippen molar-refractivity contribution >= 4 is 34.7 Å². The Morgan fingerprint density at radius 1 is 1.04 bits per heavy atom. The lowest BCUT2D eigenvalue weighted by Crippen LogP contribution is -3.17. The molecule has 2 aromatic rings. The van der Waals surface area contributed by atoms with E-state index < -0.39 is 0 Å². The van der Waals surface area contributed by atoms with Gasteiger partial charge >= 0.3 is 0 Å². The number of quaternary nitrogens is 1. The van der Waals surface area contributed by atoms with Crippen LogP contribution in [0.25, 0.3) is 5.57 Å². The zero-order valence-corrected chi connectivity index (χ0v) is 15.4. The fourth-order valence-electron chi connectivity index (χ4n) is 3.81. The minimum atomic E-state index is -0.362. The van der Waals surface area contributed by atoms with Crippen LogP contribution in [-0.4, -0.2) is 30.9 Å². The third-order valence-electron chi connectivity index (χ3n) is 5.27. The maximum absolute atomic E-state index is 13.1. The van der Waals surface area contributed by atoms with Gasteiger partial charge in [0, 0.05) is 11.4 Å². The van der Waals surface area contributed by atoms with Crippen LogP contribution in [0.2, 0.25) is 5.02 Å². The highest BCUT2D eigenvalue weighted by molar-refractivity contribution is 6.30. The van der Waals surface area contributed by atoms with Crippen molar-refractivity contribution in [1.29, 1.82) is 0 Å². The first-order chi connectivity index (χ1) is 13.0. The van der Waals surface area contributed by atoms with Crippen molar-refractivity contribution in [2.75, 3.05) is 18.0 Å². The van der Waals surface area contributed by atoms with Crippen LogP contribution in [-0.2, 0) is 9.59 Å². The Balaban J connectivity index is 1.48. The topological polar surface area (TPSA) is 41.8 Å². The number of hydrogen-bond acceptors (Lipinski definition) is 2. The van der Waals surface area contributed by atoms with E-state index in [0.29, 0.717) is 17.3 Å². The summed E-state index contributed by atoms with van der Waals surface area (Å²) in [4.78, 5) is 27.7. The third-order valence-corrected chi connectivity index (χ3v) is 5.52. The molecule has 1 N–H and O–H groups in total. The fourth-order valence-corrected chi connectivity index (χ4v) is 3.93. The number of nitrogens with one attached hydrogen (secondary N) is 1. The molecule has 0 bridgehead atoms. The summed E-state index contributed by atoms with van der Waals surface area (Å²) < 4.78 is 13.1. The second kappa shape index (κ2) is 7.25. The van der Waals surface area contributed by atoms with Gasteiger partial charge in [-0.25, -0.2) is 9.29 Å². The highest BCUT2D eigenvalue weighted by atomic mass is 35.5. The molecule has 4 rings (SSSR count). The first kappa shape index (κ1) is 17.9. The molecule has 1 unspecified atom stereocenters. The normalized spacial score (nSPS) is 22.9. The van der Waals surface area contributed by atoms with Gasteiger partial charge in [0.25, 0.3) is 5.91 Å². The molecule has 0 saturated carbocycles. The van der Waals surface area contributed by atoms with Gasteiger partial charge in [0.15, 0.2) is 6.04 Å². The van der Waals surface area contributed by atoms with Crippen molar-refractivity contribution in [3.8, 4) is 0 Å². The van der Waals surface area contributed by atoms with Gasteiger partial charge in [-0.2, -0.15) is 0 Å². The monoisotopic (exact) mass is 385 g/mol. The fraction of sp³-hybridized carbons (Fsp3) is 0.238. The Morgan fingerprint density at radius 3 is 2.37 bits per heavy atom. The van der Waals surface area contributed by atoms with Gasteiger partial charge in [0.2, 0.25) is 5.91 Å². The number of rotatable bonds is 3. The van der Waals surface area contributed by atoms with Crippen LogP contribution in [0, 0.1) is 5.82 Å². The van der Waals surface area contributed by atoms with Gasteiger partial charge in [0.1, 0.15) is 5.82 Å². The molecule has 2 atom stereocenters. The van der Waals surface area contributed by atoms with Crippen molar-refractivity contribution in [2.45, 2.75) is 18.9 Å². The Morgan fingerprint density at radius 2 is 1.74 bits per heavy atom. The Labute approximate surface area is 161 Å². The van der Waals surface area contributed by atoms with Crippen molar-refractivity contribution < 1.29 is 18.9 Å². The van der Waals surface area contributed by atoms with Crippen LogP contribution in [0.1, 0.15) is 18.4 Å². The summed E-state index contributed by atoms with van der Waals surface area (Å²) in [5.41, 5.74) is 2.73. The van der Waals surface area contributed by atoms with E-state index in [0.717, 1.165) is 29.0 Å². The molecule has 2 amide bonds. The predicted molar refractivity (Wildman–Crippen MR) is 102 cm³/mol. The molecule has 6 heteroatoms. The number of benzene rings is 2. The Hall–Kier alpha value is -2.50. The molecule has 1 saturated heterocycles. The van der Waals surface area contributed by atoms with E-state index in [2.05, 4.69) is 6.08 Å². The van der Waals surface area contributed by atoms with Gasteiger partial charge in [-0.1, -0.05) is 23.7 Å². The first-order valence-corrected chi connectivity index (χ1v) is 9.32. The summed E-state index contributed by atoms with van der Waals surface area (Å²) in [6, 6.07) is 12.8. The molecule has 2 aliphatic rings. The van der Waals surface area contributed by atoms with Crippen LogP contribution < -0.4 is 9.80 Å². The Bertz CT molecular complexity index is 909. The molecule has 2 aromatic carbocycles. The van der Waals surface area contributed by atoms with Crippen molar-refractivity contribution in [2.24, 2.45) is 0 Å². The lowest BCUT2D eigenvalue weighted by molar-refractivity contribution is -0.909. The number of nitrogens with zero attached hydrogens (tertiary/aromatic N) is 1. The Kier molecular flexibility index (Phi) is 4.81. The van der Waals surface area contributed by atoms with Crippen LogP contribution >= 0.6 is 11.6 Å². The molecule has 2 aliphatic heterocycles. The molecule has 2 heterocycles. The van der Waals surface area contributed by atoms with Crippen LogP contribution in [0.3, 0.4) is 0 Å². The van der Waals surface area contributed by atoms with E-state index in [-0.39, 0.29) is 30.1 Å². The molecule has 0 aliphatic carbocycles. The zero-order valence-electron chi connectivity index (χ0n) is 14.6. The number of hydrogen-bond donors (Lipinski definition) is 1. The molecular formula is C21H19ClFN2O2+. The number of halogens is 2. The van der Waals surface area contributed by atoms with Gasteiger partial charge < -0.3 is 4.90 Å². The van der Waals surface area contributed by atoms with E-state index in [1.165, 1.54) is 17.0 Å². The maximum Gasteiger partial charge on any atom is 0.292 e. The predicted octanol–water partition coefficient (Wildman–Crippen LogP) is 2.48. The number of amides is 2. The summed E-state index contributed by atoms with van der Waals surface area (Å²) in [6.07, 6.45) is 3.10. The molecule has 4 nitrogen and oxygen atoms in total. The quantitative estimate of drug-likeness (QED) is 0.825. The maximum atomic E-state index is 13.1. The summed E-state index contributed by atoms with van der Waals surface area (Å²) in [5.74, 6) is -0.580. The second-order valence-electron chi connectivity index (χ2n) is 6.90. The summed E-state index contributed by atoms with van der Waals surface area (Å²) >= 11 is 5.89. The number of carbonyl (C=O) groups excluding carboxylic acids is 2. The highest BCUT2D eigenvalue weighted by Crippen LogP contribution is 2.24.